The molecule has 2 amide bonds. The number of amides is 2. The SMILES string of the molecule is Cc1ccc(NC(=O)CC2SC(=Nc3ccc(N(C)C)cc3)NC2=O)c(C)c1. The smallest absolute Gasteiger partial charge is 0.240 e. The summed E-state index contributed by atoms with van der Waals surface area (Å²) in [5.74, 6) is -0.374. The van der Waals surface area contributed by atoms with Gasteiger partial charge in [-0.3, -0.25) is 9.59 Å². The molecule has 6 nitrogen and oxygen atoms in total. The number of hydrogen-bond donors (Lipinski definition) is 2. The van der Waals surface area contributed by atoms with E-state index in [1.54, 1.807) is 0 Å². The summed E-state index contributed by atoms with van der Waals surface area (Å²) in [6, 6.07) is 13.6. The zero-order valence-corrected chi connectivity index (χ0v) is 17.3. The molecule has 0 aliphatic carbocycles. The van der Waals surface area contributed by atoms with Crippen LogP contribution in [0.15, 0.2) is 47.5 Å². The van der Waals surface area contributed by atoms with Crippen molar-refractivity contribution >= 4 is 45.8 Å². The van der Waals surface area contributed by atoms with Gasteiger partial charge in [-0.15, -0.1) is 0 Å². The number of carbonyl (C=O) groups excluding carboxylic acids is 2. The topological polar surface area (TPSA) is 73.8 Å². The van der Waals surface area contributed by atoms with Crippen LogP contribution < -0.4 is 15.5 Å². The lowest BCUT2D eigenvalue weighted by Gasteiger charge is -2.11. The first-order chi connectivity index (χ1) is 13.3. The van der Waals surface area contributed by atoms with E-state index in [1.165, 1.54) is 11.8 Å². The average Bonchev–Trinajstić information content (AvgIpc) is 2.97. The van der Waals surface area contributed by atoms with E-state index in [4.69, 9.17) is 0 Å². The molecule has 7 heteroatoms. The zero-order chi connectivity index (χ0) is 20.3. The Kier molecular flexibility index (Phi) is 6.04. The highest BCUT2D eigenvalue weighted by molar-refractivity contribution is 8.15. The molecule has 2 aromatic carbocycles. The maximum Gasteiger partial charge on any atom is 0.240 e. The Morgan fingerprint density at radius 2 is 1.89 bits per heavy atom. The molecule has 0 radical (unpaired) electrons. The number of nitrogens with zero attached hydrogens (tertiary/aromatic N) is 2. The van der Waals surface area contributed by atoms with Crippen LogP contribution in [0.1, 0.15) is 17.5 Å². The van der Waals surface area contributed by atoms with E-state index < -0.39 is 5.25 Å². The second-order valence-corrected chi connectivity index (χ2v) is 8.19. The fraction of sp³-hybridized carbons (Fsp3) is 0.286. The van der Waals surface area contributed by atoms with Gasteiger partial charge in [0.05, 0.1) is 5.69 Å². The van der Waals surface area contributed by atoms with Gasteiger partial charge in [-0.2, -0.15) is 0 Å². The van der Waals surface area contributed by atoms with Crippen LogP contribution in [0.25, 0.3) is 0 Å². The minimum absolute atomic E-state index is 0.0996. The van der Waals surface area contributed by atoms with Crippen LogP contribution in [0.4, 0.5) is 17.1 Å². The van der Waals surface area contributed by atoms with Crippen molar-refractivity contribution in [2.45, 2.75) is 25.5 Å². The first kappa shape index (κ1) is 19.9. The molecule has 2 aromatic rings. The summed E-state index contributed by atoms with van der Waals surface area (Å²) in [5, 5.41) is 5.69. The van der Waals surface area contributed by atoms with Crippen molar-refractivity contribution < 1.29 is 9.59 Å². The van der Waals surface area contributed by atoms with Gasteiger partial charge in [0.1, 0.15) is 5.25 Å². The molecule has 1 aliphatic heterocycles. The first-order valence-electron chi connectivity index (χ1n) is 9.02. The van der Waals surface area contributed by atoms with Crippen LogP contribution in [-0.2, 0) is 9.59 Å². The quantitative estimate of drug-likeness (QED) is 0.810. The Hall–Kier alpha value is -2.80. The van der Waals surface area contributed by atoms with Gasteiger partial charge in [0.2, 0.25) is 11.8 Å². The first-order valence-corrected chi connectivity index (χ1v) is 9.90. The lowest BCUT2D eigenvalue weighted by atomic mass is 10.1. The molecule has 1 heterocycles. The number of anilines is 2. The van der Waals surface area contributed by atoms with Crippen molar-refractivity contribution in [2.24, 2.45) is 4.99 Å². The Bertz CT molecular complexity index is 923. The average molecular weight is 397 g/mol. The minimum atomic E-state index is -0.481. The Balaban J connectivity index is 1.61. The molecule has 28 heavy (non-hydrogen) atoms. The third kappa shape index (κ3) is 4.92. The molecule has 0 aromatic heterocycles. The molecular formula is C21H24N4O2S. The molecular weight excluding hydrogens is 372 g/mol. The van der Waals surface area contributed by atoms with Gasteiger partial charge in [0.15, 0.2) is 5.17 Å². The van der Waals surface area contributed by atoms with Crippen molar-refractivity contribution in [3.63, 3.8) is 0 Å². The van der Waals surface area contributed by atoms with Crippen LogP contribution in [-0.4, -0.2) is 36.3 Å². The van der Waals surface area contributed by atoms with Crippen molar-refractivity contribution in [3.8, 4) is 0 Å². The van der Waals surface area contributed by atoms with Gasteiger partial charge >= 0.3 is 0 Å². The van der Waals surface area contributed by atoms with Crippen LogP contribution in [0.3, 0.4) is 0 Å². The summed E-state index contributed by atoms with van der Waals surface area (Å²) in [6.45, 7) is 3.96. The molecule has 1 unspecified atom stereocenters. The molecule has 146 valence electrons. The molecule has 2 N–H and O–H groups in total. The Labute approximate surface area is 169 Å². The molecule has 0 bridgehead atoms. The minimum Gasteiger partial charge on any atom is -0.378 e. The van der Waals surface area contributed by atoms with Crippen molar-refractivity contribution in [1.82, 2.24) is 5.32 Å². The second kappa shape index (κ2) is 8.48. The van der Waals surface area contributed by atoms with Crippen LogP contribution in [0.2, 0.25) is 0 Å². The highest BCUT2D eigenvalue weighted by Crippen LogP contribution is 2.27. The molecule has 3 rings (SSSR count). The Morgan fingerprint density at radius 3 is 2.54 bits per heavy atom. The summed E-state index contributed by atoms with van der Waals surface area (Å²) >= 11 is 1.29. The lowest BCUT2D eigenvalue weighted by Crippen LogP contribution is -2.28. The molecule has 1 fully saturated rings. The number of aryl methyl sites for hydroxylation is 2. The van der Waals surface area contributed by atoms with Crippen LogP contribution in [0, 0.1) is 13.8 Å². The predicted molar refractivity (Wildman–Crippen MR) is 117 cm³/mol. The number of nitrogens with one attached hydrogen (secondary N) is 2. The molecule has 1 aliphatic rings. The largest absolute Gasteiger partial charge is 0.378 e. The molecule has 0 saturated carbocycles. The lowest BCUT2D eigenvalue weighted by molar-refractivity contribution is -0.122. The van der Waals surface area contributed by atoms with Gasteiger partial charge in [-0.25, -0.2) is 4.99 Å². The van der Waals surface area contributed by atoms with E-state index >= 15 is 0 Å². The van der Waals surface area contributed by atoms with E-state index in [2.05, 4.69) is 15.6 Å². The van der Waals surface area contributed by atoms with Gasteiger partial charge < -0.3 is 15.5 Å². The second-order valence-electron chi connectivity index (χ2n) is 6.99. The summed E-state index contributed by atoms with van der Waals surface area (Å²) in [6.07, 6.45) is 0.0996. The van der Waals surface area contributed by atoms with E-state index in [-0.39, 0.29) is 18.2 Å². The van der Waals surface area contributed by atoms with Gasteiger partial charge in [-0.05, 0) is 49.7 Å². The van der Waals surface area contributed by atoms with E-state index in [0.29, 0.717) is 5.17 Å². The number of thioether (sulfide) groups is 1. The van der Waals surface area contributed by atoms with Crippen molar-refractivity contribution in [1.29, 1.82) is 0 Å². The summed E-state index contributed by atoms with van der Waals surface area (Å²) in [4.78, 5) is 31.1. The highest BCUT2D eigenvalue weighted by atomic mass is 32.2. The third-order valence-corrected chi connectivity index (χ3v) is 5.48. The number of carbonyl (C=O) groups is 2. The normalized spacial score (nSPS) is 17.5. The highest BCUT2D eigenvalue weighted by Gasteiger charge is 2.32. The standard InChI is InChI=1S/C21H24N4O2S/c1-13-5-10-17(14(2)11-13)23-19(26)12-18-20(27)24-21(28-18)22-15-6-8-16(9-7-15)25(3)4/h5-11,18H,12H2,1-4H3,(H,23,26)(H,22,24,27). The van der Waals surface area contributed by atoms with Gasteiger partial charge in [-0.1, -0.05) is 29.5 Å². The maximum absolute atomic E-state index is 12.4. The number of amidine groups is 1. The number of hydrogen-bond acceptors (Lipinski definition) is 5. The summed E-state index contributed by atoms with van der Waals surface area (Å²) in [5.41, 5.74) is 4.75. The summed E-state index contributed by atoms with van der Waals surface area (Å²) in [7, 11) is 3.95. The molecule has 0 spiro atoms. The zero-order valence-electron chi connectivity index (χ0n) is 16.4. The number of rotatable bonds is 5. The fourth-order valence-electron chi connectivity index (χ4n) is 2.86. The van der Waals surface area contributed by atoms with Crippen LogP contribution in [0.5, 0.6) is 0 Å². The maximum atomic E-state index is 12.4. The van der Waals surface area contributed by atoms with Crippen molar-refractivity contribution in [2.75, 3.05) is 24.3 Å². The van der Waals surface area contributed by atoms with Gasteiger partial charge in [0, 0.05) is 31.9 Å². The van der Waals surface area contributed by atoms with Gasteiger partial charge in [0.25, 0.3) is 0 Å². The molecule has 1 saturated heterocycles. The number of aliphatic imine (C=N–C) groups is 1. The third-order valence-electron chi connectivity index (χ3n) is 4.40. The van der Waals surface area contributed by atoms with E-state index in [9.17, 15) is 9.59 Å². The van der Waals surface area contributed by atoms with E-state index in [1.807, 2.05) is 75.3 Å². The van der Waals surface area contributed by atoms with Crippen molar-refractivity contribution in [3.05, 3.63) is 53.6 Å². The fourth-order valence-corrected chi connectivity index (χ4v) is 3.85. The molecule has 1 atom stereocenters. The predicted octanol–water partition coefficient (Wildman–Crippen LogP) is 3.62. The van der Waals surface area contributed by atoms with Crippen LogP contribution >= 0.6 is 11.8 Å². The Morgan fingerprint density at radius 1 is 1.18 bits per heavy atom. The van der Waals surface area contributed by atoms with E-state index in [0.717, 1.165) is 28.2 Å². The summed E-state index contributed by atoms with van der Waals surface area (Å²) < 4.78 is 0. The monoisotopic (exact) mass is 396 g/mol. The number of benzene rings is 2.